The maximum absolute atomic E-state index is 12.9. The number of rotatable bonds is 4. The van der Waals surface area contributed by atoms with Gasteiger partial charge >= 0.3 is 5.97 Å². The van der Waals surface area contributed by atoms with Gasteiger partial charge in [0.2, 0.25) is 0 Å². The van der Waals surface area contributed by atoms with Crippen molar-refractivity contribution in [1.82, 2.24) is 0 Å². The lowest BCUT2D eigenvalue weighted by atomic mass is 9.48. The van der Waals surface area contributed by atoms with Crippen molar-refractivity contribution in [2.45, 2.75) is 65.7 Å². The summed E-state index contributed by atoms with van der Waals surface area (Å²) in [6, 6.07) is 0. The van der Waals surface area contributed by atoms with Gasteiger partial charge in [-0.1, -0.05) is 38.4 Å². The Balaban J connectivity index is 1.60. The van der Waals surface area contributed by atoms with Gasteiger partial charge in [0.05, 0.1) is 0 Å². The summed E-state index contributed by atoms with van der Waals surface area (Å²) in [7, 11) is 0. The Morgan fingerprint density at radius 1 is 1.17 bits per heavy atom. The van der Waals surface area contributed by atoms with Crippen LogP contribution in [0, 0.1) is 34.5 Å². The summed E-state index contributed by atoms with van der Waals surface area (Å²) < 4.78 is 5.15. The number of halogens is 1. The van der Waals surface area contributed by atoms with Gasteiger partial charge in [-0.05, 0) is 72.3 Å². The minimum absolute atomic E-state index is 0.0511. The first-order chi connectivity index (χ1) is 13.7. The summed E-state index contributed by atoms with van der Waals surface area (Å²) in [4.78, 5) is 36.4. The Morgan fingerprint density at radius 3 is 2.66 bits per heavy atom. The molecule has 4 aliphatic rings. The highest BCUT2D eigenvalue weighted by atomic mass is 35.5. The number of allylic oxidation sites excluding steroid dienone is 4. The first-order valence-corrected chi connectivity index (χ1v) is 11.4. The van der Waals surface area contributed by atoms with Crippen LogP contribution < -0.4 is 0 Å². The fraction of sp³-hybridized carbons (Fsp3) is 0.708. The number of hydrogen-bond donors (Lipinski definition) is 0. The topological polar surface area (TPSA) is 60.4 Å². The maximum Gasteiger partial charge on any atom is 0.305 e. The Morgan fingerprint density at radius 2 is 1.93 bits per heavy atom. The molecular formula is C24H31ClO4. The van der Waals surface area contributed by atoms with Crippen LogP contribution in [0.5, 0.6) is 0 Å². The number of carbonyl (C=O) groups excluding carboxylic acids is 3. The van der Waals surface area contributed by atoms with Gasteiger partial charge in [-0.3, -0.25) is 14.4 Å². The Bertz CT molecular complexity index is 812. The van der Waals surface area contributed by atoms with Gasteiger partial charge < -0.3 is 4.74 Å². The standard InChI is InChI=1S/C24H31ClO4/c1-4-22(28)29-13-21(27)18-6-5-16-15-12-20(25)19-11-14(26)7-9-24(19,3)17(15)8-10-23(16,18)2/h11-12,15-18H,4-10,13H2,1-3H3/t15-,16-,17-,18+,23-,24+/m0/s1. The van der Waals surface area contributed by atoms with E-state index in [0.717, 1.165) is 42.7 Å². The summed E-state index contributed by atoms with van der Waals surface area (Å²) in [5.74, 6) is 1.09. The molecule has 0 heterocycles. The fourth-order valence-electron chi connectivity index (χ4n) is 6.96. The number of carbonyl (C=O) groups is 3. The number of esters is 1. The molecule has 0 bridgehead atoms. The van der Waals surface area contributed by atoms with E-state index in [1.807, 2.05) is 0 Å². The van der Waals surface area contributed by atoms with Gasteiger partial charge in [-0.2, -0.15) is 0 Å². The third-order valence-electron chi connectivity index (χ3n) is 8.61. The average molecular weight is 419 g/mol. The number of fused-ring (bicyclic) bond motifs is 5. The second-order valence-electron chi connectivity index (χ2n) is 9.90. The molecule has 0 aromatic rings. The van der Waals surface area contributed by atoms with Crippen LogP contribution in [0.1, 0.15) is 65.7 Å². The van der Waals surface area contributed by atoms with Gasteiger partial charge in [-0.15, -0.1) is 0 Å². The monoisotopic (exact) mass is 418 g/mol. The second-order valence-corrected chi connectivity index (χ2v) is 10.3. The highest BCUT2D eigenvalue weighted by Crippen LogP contribution is 2.66. The summed E-state index contributed by atoms with van der Waals surface area (Å²) in [5, 5.41) is 0.734. The minimum atomic E-state index is -0.317. The lowest BCUT2D eigenvalue weighted by Crippen LogP contribution is -2.50. The highest BCUT2D eigenvalue weighted by molar-refractivity contribution is 6.32. The van der Waals surface area contributed by atoms with Crippen molar-refractivity contribution in [2.75, 3.05) is 6.61 Å². The molecule has 0 aromatic carbocycles. The zero-order chi connectivity index (χ0) is 21.0. The number of ketones is 2. The fourth-order valence-corrected chi connectivity index (χ4v) is 7.37. The lowest BCUT2D eigenvalue weighted by molar-refractivity contribution is -0.150. The summed E-state index contributed by atoms with van der Waals surface area (Å²) in [6.07, 6.45) is 9.61. The van der Waals surface area contributed by atoms with Crippen molar-refractivity contribution in [3.05, 3.63) is 22.8 Å². The van der Waals surface area contributed by atoms with Crippen molar-refractivity contribution in [3.8, 4) is 0 Å². The molecule has 0 unspecified atom stereocenters. The molecule has 6 atom stereocenters. The molecule has 4 rings (SSSR count). The third-order valence-corrected chi connectivity index (χ3v) is 8.94. The van der Waals surface area contributed by atoms with Gasteiger partial charge in [0, 0.05) is 23.8 Å². The Hall–Kier alpha value is -1.42. The quantitative estimate of drug-likeness (QED) is 0.603. The highest BCUT2D eigenvalue weighted by Gasteiger charge is 2.60. The third kappa shape index (κ3) is 3.22. The number of Topliss-reactive ketones (excluding diaryl/α,β-unsaturated/α-hetero) is 1. The number of ether oxygens (including phenoxy) is 1. The van der Waals surface area contributed by atoms with E-state index in [4.69, 9.17) is 16.3 Å². The molecule has 2 fully saturated rings. The molecule has 0 saturated heterocycles. The molecule has 158 valence electrons. The predicted octanol–water partition coefficient (Wildman–Crippen LogP) is 5.00. The summed E-state index contributed by atoms with van der Waals surface area (Å²) >= 11 is 6.72. The zero-order valence-corrected chi connectivity index (χ0v) is 18.4. The normalized spacial score (nSPS) is 40.9. The van der Waals surface area contributed by atoms with E-state index in [-0.39, 0.29) is 40.9 Å². The molecule has 4 aliphatic carbocycles. The molecule has 0 aliphatic heterocycles. The van der Waals surface area contributed by atoms with Gasteiger partial charge in [0.15, 0.2) is 11.6 Å². The Labute approximate surface area is 178 Å². The van der Waals surface area contributed by atoms with Crippen molar-refractivity contribution in [1.29, 1.82) is 0 Å². The van der Waals surface area contributed by atoms with E-state index in [9.17, 15) is 14.4 Å². The predicted molar refractivity (Wildman–Crippen MR) is 111 cm³/mol. The van der Waals surface area contributed by atoms with E-state index >= 15 is 0 Å². The molecule has 0 radical (unpaired) electrons. The molecule has 2 saturated carbocycles. The molecular weight excluding hydrogens is 388 g/mol. The van der Waals surface area contributed by atoms with Crippen molar-refractivity contribution < 1.29 is 19.1 Å². The first kappa shape index (κ1) is 20.8. The molecule has 0 spiro atoms. The molecule has 4 nitrogen and oxygen atoms in total. The molecule has 0 aromatic heterocycles. The van der Waals surface area contributed by atoms with Crippen LogP contribution in [0.2, 0.25) is 0 Å². The SMILES string of the molecule is CCC(=O)OCC(=O)[C@H]1CC[C@H]2[C@@H]3C=C(Cl)C4=CC(=O)CC[C@]4(C)[C@H]3CC[C@]12C. The van der Waals surface area contributed by atoms with Crippen LogP contribution in [0.25, 0.3) is 0 Å². The van der Waals surface area contributed by atoms with E-state index in [0.29, 0.717) is 30.6 Å². The summed E-state index contributed by atoms with van der Waals surface area (Å²) in [6.45, 7) is 6.17. The van der Waals surface area contributed by atoms with Gasteiger partial charge in [0.1, 0.15) is 6.61 Å². The van der Waals surface area contributed by atoms with Gasteiger partial charge in [0.25, 0.3) is 0 Å². The zero-order valence-electron chi connectivity index (χ0n) is 17.6. The van der Waals surface area contributed by atoms with Gasteiger partial charge in [-0.25, -0.2) is 0 Å². The second kappa shape index (κ2) is 7.37. The van der Waals surface area contributed by atoms with Crippen molar-refractivity contribution >= 4 is 29.1 Å². The van der Waals surface area contributed by atoms with Crippen molar-refractivity contribution in [2.24, 2.45) is 34.5 Å². The smallest absolute Gasteiger partial charge is 0.305 e. The van der Waals surface area contributed by atoms with Crippen molar-refractivity contribution in [3.63, 3.8) is 0 Å². The molecule has 0 amide bonds. The van der Waals surface area contributed by atoms with Crippen LogP contribution in [-0.2, 0) is 19.1 Å². The number of hydrogen-bond acceptors (Lipinski definition) is 4. The first-order valence-electron chi connectivity index (χ1n) is 11.0. The van der Waals surface area contributed by atoms with Crippen LogP contribution in [0.3, 0.4) is 0 Å². The van der Waals surface area contributed by atoms with Crippen LogP contribution in [-0.4, -0.2) is 24.1 Å². The minimum Gasteiger partial charge on any atom is -0.458 e. The molecule has 29 heavy (non-hydrogen) atoms. The summed E-state index contributed by atoms with van der Waals surface area (Å²) in [5.41, 5.74) is 0.897. The van der Waals surface area contributed by atoms with E-state index < -0.39 is 0 Å². The van der Waals surface area contributed by atoms with Crippen LogP contribution in [0.4, 0.5) is 0 Å². The Kier molecular flexibility index (Phi) is 5.30. The molecule has 0 N–H and O–H groups in total. The maximum atomic E-state index is 12.9. The molecule has 5 heteroatoms. The van der Waals surface area contributed by atoms with E-state index in [1.54, 1.807) is 13.0 Å². The van der Waals surface area contributed by atoms with Crippen LogP contribution in [0.15, 0.2) is 22.8 Å². The van der Waals surface area contributed by atoms with E-state index in [1.165, 1.54) is 0 Å². The van der Waals surface area contributed by atoms with Crippen LogP contribution >= 0.6 is 11.6 Å². The van der Waals surface area contributed by atoms with E-state index in [2.05, 4.69) is 19.9 Å². The lowest BCUT2D eigenvalue weighted by Gasteiger charge is -2.56. The largest absolute Gasteiger partial charge is 0.458 e. The average Bonchev–Trinajstić information content (AvgIpc) is 3.05.